The second-order valence-electron chi connectivity index (χ2n) is 12.2. The van der Waals surface area contributed by atoms with Gasteiger partial charge in [0.15, 0.2) is 5.78 Å². The standard InChI is InChI=1S/C42H46N2O5/c1-4-6-8-13-19-42(46)38-26-27-41(39-29-35(24-25-37(38)39)48-30-36-17-14-28-47-36)44(33-15-11-9-12-16-33)34-22-20-32(21-23-34)40(18-10-7-5-2)43-49-31(3)45/h9,11-12,14-17,20-29H,4-8,10,13,18-19,30H2,1-3H3/b43-40-. The highest BCUT2D eigenvalue weighted by molar-refractivity contribution is 6.12. The van der Waals surface area contributed by atoms with Crippen LogP contribution in [0.25, 0.3) is 10.8 Å². The molecular formula is C42H46N2O5. The molecule has 49 heavy (non-hydrogen) atoms. The lowest BCUT2D eigenvalue weighted by Crippen LogP contribution is -2.12. The molecule has 0 amide bonds. The molecule has 1 aromatic heterocycles. The minimum absolute atomic E-state index is 0.148. The van der Waals surface area contributed by atoms with E-state index < -0.39 is 5.97 Å². The van der Waals surface area contributed by atoms with E-state index in [0.717, 1.165) is 95.4 Å². The molecule has 254 valence electrons. The van der Waals surface area contributed by atoms with Crippen molar-refractivity contribution in [3.8, 4) is 5.75 Å². The third-order valence-corrected chi connectivity index (χ3v) is 8.50. The molecule has 0 aliphatic rings. The highest BCUT2D eigenvalue weighted by atomic mass is 16.7. The summed E-state index contributed by atoms with van der Waals surface area (Å²) >= 11 is 0. The number of rotatable bonds is 18. The van der Waals surface area contributed by atoms with E-state index >= 15 is 0 Å². The lowest BCUT2D eigenvalue weighted by molar-refractivity contribution is -0.140. The molecule has 0 aliphatic heterocycles. The fraction of sp³-hybridized carbons (Fsp3) is 0.310. The molecule has 0 atom stereocenters. The predicted molar refractivity (Wildman–Crippen MR) is 197 cm³/mol. The molecule has 0 unspecified atom stereocenters. The Morgan fingerprint density at radius 1 is 0.735 bits per heavy atom. The van der Waals surface area contributed by atoms with Crippen LogP contribution < -0.4 is 9.64 Å². The zero-order valence-corrected chi connectivity index (χ0v) is 28.8. The number of unbranched alkanes of at least 4 members (excludes halogenated alkanes) is 5. The van der Waals surface area contributed by atoms with Crippen LogP contribution in [0.15, 0.2) is 113 Å². The van der Waals surface area contributed by atoms with E-state index in [9.17, 15) is 9.59 Å². The number of Topliss-reactive ketones (excluding diaryl/α,β-unsaturated/α-hetero) is 1. The summed E-state index contributed by atoms with van der Waals surface area (Å²) in [7, 11) is 0. The Balaban J connectivity index is 1.58. The lowest BCUT2D eigenvalue weighted by atomic mass is 9.96. The zero-order valence-electron chi connectivity index (χ0n) is 28.8. The fourth-order valence-corrected chi connectivity index (χ4v) is 5.95. The van der Waals surface area contributed by atoms with Gasteiger partial charge in [0.25, 0.3) is 0 Å². The molecule has 0 N–H and O–H groups in total. The molecule has 1 heterocycles. The number of furan rings is 1. The first kappa shape index (κ1) is 35.1. The first-order chi connectivity index (χ1) is 24.0. The van der Waals surface area contributed by atoms with Gasteiger partial charge in [0, 0.05) is 35.7 Å². The average Bonchev–Trinajstić information content (AvgIpc) is 3.65. The molecule has 5 aromatic rings. The molecule has 7 heteroatoms. The number of carbonyl (C=O) groups excluding carboxylic acids is 2. The van der Waals surface area contributed by atoms with E-state index in [1.54, 1.807) is 6.26 Å². The van der Waals surface area contributed by atoms with Crippen molar-refractivity contribution in [3.63, 3.8) is 0 Å². The van der Waals surface area contributed by atoms with Crippen LogP contribution in [0.5, 0.6) is 5.75 Å². The Bertz CT molecular complexity index is 1830. The minimum atomic E-state index is -0.442. The summed E-state index contributed by atoms with van der Waals surface area (Å²) < 4.78 is 11.7. The van der Waals surface area contributed by atoms with E-state index in [1.165, 1.54) is 6.92 Å². The maximum atomic E-state index is 13.6. The van der Waals surface area contributed by atoms with Crippen molar-refractivity contribution in [1.82, 2.24) is 0 Å². The maximum Gasteiger partial charge on any atom is 0.331 e. The quantitative estimate of drug-likeness (QED) is 0.0306. The van der Waals surface area contributed by atoms with Gasteiger partial charge in [-0.3, -0.25) is 4.79 Å². The number of fused-ring (bicyclic) bond motifs is 1. The van der Waals surface area contributed by atoms with Crippen molar-refractivity contribution >= 4 is 45.3 Å². The second-order valence-corrected chi connectivity index (χ2v) is 12.2. The molecule has 0 saturated heterocycles. The van der Waals surface area contributed by atoms with Crippen molar-refractivity contribution in [1.29, 1.82) is 0 Å². The number of hydrogen-bond donors (Lipinski definition) is 0. The fourth-order valence-electron chi connectivity index (χ4n) is 5.95. The van der Waals surface area contributed by atoms with Crippen LogP contribution in [0.4, 0.5) is 17.1 Å². The molecule has 4 aromatic carbocycles. The normalized spacial score (nSPS) is 11.4. The number of ether oxygens (including phenoxy) is 1. The van der Waals surface area contributed by atoms with Gasteiger partial charge in [-0.05, 0) is 96.9 Å². The number of ketones is 1. The molecule has 0 radical (unpaired) electrons. The van der Waals surface area contributed by atoms with Gasteiger partial charge in [-0.25, -0.2) is 4.79 Å². The SMILES string of the molecule is CCCCCCC(=O)c1ccc(N(c2ccccc2)c2ccc(/C(CCCCC)=N\OC(C)=O)cc2)c2cc(OCc3ccco3)ccc12. The van der Waals surface area contributed by atoms with Gasteiger partial charge in [-0.2, -0.15) is 0 Å². The monoisotopic (exact) mass is 658 g/mol. The largest absolute Gasteiger partial charge is 0.486 e. The summed E-state index contributed by atoms with van der Waals surface area (Å²) in [5.74, 6) is 1.12. The summed E-state index contributed by atoms with van der Waals surface area (Å²) in [5, 5.41) is 5.99. The Kier molecular flexibility index (Phi) is 12.8. The molecule has 0 spiro atoms. The molecule has 7 nitrogen and oxygen atoms in total. The second kappa shape index (κ2) is 17.8. The molecule has 0 bridgehead atoms. The first-order valence-corrected chi connectivity index (χ1v) is 17.4. The Hall–Kier alpha value is -5.17. The topological polar surface area (TPSA) is 81.3 Å². The summed E-state index contributed by atoms with van der Waals surface area (Å²) in [5.41, 5.74) is 5.17. The summed E-state index contributed by atoms with van der Waals surface area (Å²) in [6.45, 7) is 5.98. The van der Waals surface area contributed by atoms with Crippen LogP contribution in [0.1, 0.15) is 100 Å². The van der Waals surface area contributed by atoms with E-state index in [4.69, 9.17) is 14.0 Å². The van der Waals surface area contributed by atoms with Crippen LogP contribution in [0.3, 0.4) is 0 Å². The number of hydrogen-bond acceptors (Lipinski definition) is 7. The van der Waals surface area contributed by atoms with Gasteiger partial charge in [0.2, 0.25) is 0 Å². The molecular weight excluding hydrogens is 612 g/mol. The molecule has 0 fully saturated rings. The van der Waals surface area contributed by atoms with Gasteiger partial charge in [0.05, 0.1) is 17.7 Å². The summed E-state index contributed by atoms with van der Waals surface area (Å²) in [6.07, 6.45) is 10.1. The average molecular weight is 659 g/mol. The highest BCUT2D eigenvalue weighted by Crippen LogP contribution is 2.41. The van der Waals surface area contributed by atoms with Crippen molar-refractivity contribution in [2.75, 3.05) is 4.90 Å². The van der Waals surface area contributed by atoms with Crippen LogP contribution in [-0.4, -0.2) is 17.5 Å². The van der Waals surface area contributed by atoms with E-state index in [2.05, 4.69) is 48.2 Å². The smallest absolute Gasteiger partial charge is 0.331 e. The van der Waals surface area contributed by atoms with Crippen molar-refractivity contribution in [2.24, 2.45) is 5.16 Å². The number of oxime groups is 1. The van der Waals surface area contributed by atoms with Crippen molar-refractivity contribution in [2.45, 2.75) is 85.2 Å². The maximum absolute atomic E-state index is 13.6. The lowest BCUT2D eigenvalue weighted by Gasteiger charge is -2.27. The Labute approximate surface area is 289 Å². The molecule has 0 aliphatic carbocycles. The number of anilines is 3. The number of carbonyl (C=O) groups is 2. The third kappa shape index (κ3) is 9.47. The van der Waals surface area contributed by atoms with E-state index in [-0.39, 0.29) is 5.78 Å². The van der Waals surface area contributed by atoms with Crippen LogP contribution in [0, 0.1) is 0 Å². The van der Waals surface area contributed by atoms with Crippen molar-refractivity contribution < 1.29 is 23.6 Å². The summed E-state index contributed by atoms with van der Waals surface area (Å²) in [6, 6.07) is 32.0. The van der Waals surface area contributed by atoms with Gasteiger partial charge in [-0.15, -0.1) is 0 Å². The number of nitrogens with zero attached hydrogens (tertiary/aromatic N) is 2. The van der Waals surface area contributed by atoms with Crippen LogP contribution >= 0.6 is 0 Å². The number of para-hydroxylation sites is 1. The van der Waals surface area contributed by atoms with Gasteiger partial charge in [-0.1, -0.05) is 81.4 Å². The van der Waals surface area contributed by atoms with Gasteiger partial charge < -0.3 is 18.9 Å². The van der Waals surface area contributed by atoms with Crippen molar-refractivity contribution in [3.05, 3.63) is 120 Å². The third-order valence-electron chi connectivity index (χ3n) is 8.50. The highest BCUT2D eigenvalue weighted by Gasteiger charge is 2.20. The molecule has 5 rings (SSSR count). The van der Waals surface area contributed by atoms with E-state index in [0.29, 0.717) is 25.2 Å². The molecule has 0 saturated carbocycles. The van der Waals surface area contributed by atoms with Gasteiger partial charge in [0.1, 0.15) is 18.1 Å². The minimum Gasteiger partial charge on any atom is -0.486 e. The Morgan fingerprint density at radius 3 is 2.18 bits per heavy atom. The number of benzene rings is 4. The Morgan fingerprint density at radius 2 is 1.47 bits per heavy atom. The first-order valence-electron chi connectivity index (χ1n) is 17.4. The van der Waals surface area contributed by atoms with Crippen LogP contribution in [-0.2, 0) is 16.2 Å². The predicted octanol–water partition coefficient (Wildman–Crippen LogP) is 11.5. The summed E-state index contributed by atoms with van der Waals surface area (Å²) in [4.78, 5) is 32.4. The van der Waals surface area contributed by atoms with E-state index in [1.807, 2.05) is 72.8 Å². The van der Waals surface area contributed by atoms with Gasteiger partial charge >= 0.3 is 5.97 Å². The van der Waals surface area contributed by atoms with Crippen LogP contribution in [0.2, 0.25) is 0 Å². The zero-order chi connectivity index (χ0) is 34.4.